The zero-order valence-corrected chi connectivity index (χ0v) is 11.7. The Kier molecular flexibility index (Phi) is 2.44. The molecule has 3 rings (SSSR count). The minimum Gasteiger partial charge on any atom is -0.497 e. The van der Waals surface area contributed by atoms with Gasteiger partial charge in [-0.25, -0.2) is 0 Å². The van der Waals surface area contributed by atoms with Crippen LogP contribution >= 0.6 is 0 Å². The summed E-state index contributed by atoms with van der Waals surface area (Å²) in [5, 5.41) is 20.9. The van der Waals surface area contributed by atoms with Crippen molar-refractivity contribution in [2.45, 2.75) is 58.8 Å². The van der Waals surface area contributed by atoms with Gasteiger partial charge in [-0.1, -0.05) is 27.7 Å². The molecule has 0 saturated heterocycles. The topological polar surface area (TPSA) is 49.7 Å². The van der Waals surface area contributed by atoms with E-state index >= 15 is 0 Å². The summed E-state index contributed by atoms with van der Waals surface area (Å²) >= 11 is 0. The smallest absolute Gasteiger partial charge is 0.107 e. The fourth-order valence-electron chi connectivity index (χ4n) is 4.92. The first-order valence-electron chi connectivity index (χ1n) is 7.02. The summed E-state index contributed by atoms with van der Waals surface area (Å²) in [4.78, 5) is 0. The Hall–Kier alpha value is -0.540. The summed E-state index contributed by atoms with van der Waals surface area (Å²) in [7, 11) is 0. The highest BCUT2D eigenvalue weighted by Crippen LogP contribution is 2.63. The van der Waals surface area contributed by atoms with Gasteiger partial charge in [0.05, 0.1) is 18.5 Å². The van der Waals surface area contributed by atoms with Crippen LogP contribution in [0, 0.1) is 22.7 Å². The summed E-state index contributed by atoms with van der Waals surface area (Å²) in [5.74, 6) is 0.0591. The van der Waals surface area contributed by atoms with Crippen molar-refractivity contribution in [2.24, 2.45) is 22.7 Å². The first-order valence-corrected chi connectivity index (χ1v) is 7.02. The number of hydrogen-bond donors (Lipinski definition) is 2. The van der Waals surface area contributed by atoms with E-state index in [-0.39, 0.29) is 28.8 Å². The molecule has 6 atom stereocenters. The van der Waals surface area contributed by atoms with Crippen molar-refractivity contribution >= 4 is 0 Å². The van der Waals surface area contributed by atoms with Crippen LogP contribution in [0.5, 0.6) is 0 Å². The molecule has 0 bridgehead atoms. The predicted octanol–water partition coefficient (Wildman–Crippen LogP) is 2.08. The highest BCUT2D eigenvalue weighted by Gasteiger charge is 2.64. The van der Waals surface area contributed by atoms with Gasteiger partial charge in [0.2, 0.25) is 0 Å². The van der Waals surface area contributed by atoms with E-state index in [2.05, 4.69) is 20.8 Å². The second-order valence-corrected chi connectivity index (χ2v) is 7.26. The molecule has 102 valence electrons. The van der Waals surface area contributed by atoms with Gasteiger partial charge in [-0.3, -0.25) is 0 Å². The first kappa shape index (κ1) is 12.5. The van der Waals surface area contributed by atoms with Gasteiger partial charge >= 0.3 is 0 Å². The van der Waals surface area contributed by atoms with Crippen molar-refractivity contribution < 1.29 is 14.9 Å². The molecule has 0 spiro atoms. The fraction of sp³-hybridized carbons (Fsp3) is 0.867. The molecule has 2 aliphatic carbocycles. The number of ether oxygens (including phenoxy) is 1. The maximum Gasteiger partial charge on any atom is 0.107 e. The zero-order chi connectivity index (χ0) is 13.3. The monoisotopic (exact) mass is 252 g/mol. The van der Waals surface area contributed by atoms with Gasteiger partial charge in [0, 0.05) is 17.3 Å². The van der Waals surface area contributed by atoms with Crippen molar-refractivity contribution in [2.75, 3.05) is 0 Å². The van der Waals surface area contributed by atoms with Crippen LogP contribution in [0.2, 0.25) is 0 Å². The Bertz CT molecular complexity index is 401. The molecule has 1 aliphatic heterocycles. The van der Waals surface area contributed by atoms with Crippen molar-refractivity contribution in [1.29, 1.82) is 0 Å². The summed E-state index contributed by atoms with van der Waals surface area (Å²) < 4.78 is 5.85. The molecular formula is C15H24O3. The lowest BCUT2D eigenvalue weighted by Crippen LogP contribution is -2.62. The minimum atomic E-state index is -0.672. The SMILES string of the molecule is C[C@H]1C2=CO[C@H]3CCC(C)(C)[C@H]([C@H](O)[C@@H]1O)[C@@]23C. The highest BCUT2D eigenvalue weighted by molar-refractivity contribution is 5.31. The Morgan fingerprint density at radius 3 is 2.56 bits per heavy atom. The number of rotatable bonds is 0. The summed E-state index contributed by atoms with van der Waals surface area (Å²) in [5.41, 5.74) is 1.13. The third kappa shape index (κ3) is 1.27. The van der Waals surface area contributed by atoms with Crippen LogP contribution in [-0.4, -0.2) is 28.5 Å². The maximum atomic E-state index is 10.6. The van der Waals surface area contributed by atoms with Crippen LogP contribution in [0.4, 0.5) is 0 Å². The standard InChI is InChI=1S/C15H24O3/c1-8-9-7-18-10-5-6-14(2,3)13(15(9,10)4)12(17)11(8)16/h7-8,10-13,16-17H,5-6H2,1-4H3/t8-,10-,11+,12+,13-,15-/m0/s1. The molecule has 0 aromatic rings. The van der Waals surface area contributed by atoms with E-state index in [0.29, 0.717) is 0 Å². The van der Waals surface area contributed by atoms with E-state index in [1.807, 2.05) is 13.2 Å². The fourth-order valence-corrected chi connectivity index (χ4v) is 4.92. The van der Waals surface area contributed by atoms with E-state index in [0.717, 1.165) is 12.8 Å². The molecule has 3 aliphatic rings. The molecule has 0 aromatic carbocycles. The molecule has 0 aromatic heterocycles. The second-order valence-electron chi connectivity index (χ2n) is 7.26. The number of aliphatic hydroxyl groups excluding tert-OH is 2. The lowest BCUT2D eigenvalue weighted by Gasteiger charge is -2.58. The summed E-state index contributed by atoms with van der Waals surface area (Å²) in [6.07, 6.45) is 2.79. The first-order chi connectivity index (χ1) is 8.30. The Morgan fingerprint density at radius 1 is 1.22 bits per heavy atom. The van der Waals surface area contributed by atoms with Crippen molar-refractivity contribution in [3.8, 4) is 0 Å². The lowest BCUT2D eigenvalue weighted by atomic mass is 9.47. The van der Waals surface area contributed by atoms with Crippen molar-refractivity contribution in [1.82, 2.24) is 0 Å². The van der Waals surface area contributed by atoms with E-state index < -0.39 is 12.2 Å². The molecule has 3 nitrogen and oxygen atoms in total. The average molecular weight is 252 g/mol. The molecule has 2 saturated carbocycles. The third-order valence-corrected chi connectivity index (χ3v) is 5.88. The Labute approximate surface area is 109 Å². The molecule has 2 N–H and O–H groups in total. The molecule has 2 fully saturated rings. The molecule has 1 heterocycles. The molecule has 0 amide bonds. The van der Waals surface area contributed by atoms with Gasteiger partial charge in [-0.15, -0.1) is 0 Å². The van der Waals surface area contributed by atoms with Crippen LogP contribution in [0.1, 0.15) is 40.5 Å². The minimum absolute atomic E-state index is 0.0138. The van der Waals surface area contributed by atoms with Gasteiger partial charge in [0.1, 0.15) is 6.10 Å². The van der Waals surface area contributed by atoms with Crippen LogP contribution in [-0.2, 0) is 4.74 Å². The maximum absolute atomic E-state index is 10.6. The van der Waals surface area contributed by atoms with Gasteiger partial charge in [-0.05, 0) is 23.8 Å². The molecule has 0 radical (unpaired) electrons. The molecule has 18 heavy (non-hydrogen) atoms. The van der Waals surface area contributed by atoms with Gasteiger partial charge in [0.15, 0.2) is 0 Å². The summed E-state index contributed by atoms with van der Waals surface area (Å²) in [6, 6.07) is 0. The summed E-state index contributed by atoms with van der Waals surface area (Å²) in [6.45, 7) is 8.63. The molecular weight excluding hydrogens is 228 g/mol. The van der Waals surface area contributed by atoms with E-state index in [1.165, 1.54) is 5.57 Å². The Morgan fingerprint density at radius 2 is 1.89 bits per heavy atom. The number of hydrogen-bond acceptors (Lipinski definition) is 3. The van der Waals surface area contributed by atoms with Crippen LogP contribution in [0.25, 0.3) is 0 Å². The van der Waals surface area contributed by atoms with Crippen LogP contribution < -0.4 is 0 Å². The van der Waals surface area contributed by atoms with Gasteiger partial charge in [-0.2, -0.15) is 0 Å². The van der Waals surface area contributed by atoms with Crippen LogP contribution in [0.15, 0.2) is 11.8 Å². The zero-order valence-electron chi connectivity index (χ0n) is 11.7. The predicted molar refractivity (Wildman–Crippen MR) is 68.7 cm³/mol. The molecule has 0 unspecified atom stereocenters. The van der Waals surface area contributed by atoms with E-state index in [4.69, 9.17) is 4.74 Å². The molecule has 3 heteroatoms. The third-order valence-electron chi connectivity index (χ3n) is 5.88. The van der Waals surface area contributed by atoms with E-state index in [1.54, 1.807) is 0 Å². The van der Waals surface area contributed by atoms with Gasteiger partial charge < -0.3 is 14.9 Å². The van der Waals surface area contributed by atoms with Crippen molar-refractivity contribution in [3.63, 3.8) is 0 Å². The van der Waals surface area contributed by atoms with Crippen molar-refractivity contribution in [3.05, 3.63) is 11.8 Å². The quantitative estimate of drug-likeness (QED) is 0.694. The van der Waals surface area contributed by atoms with E-state index in [9.17, 15) is 10.2 Å². The largest absolute Gasteiger partial charge is 0.497 e. The van der Waals surface area contributed by atoms with Crippen LogP contribution in [0.3, 0.4) is 0 Å². The normalized spacial score (nSPS) is 53.4. The number of aliphatic hydroxyl groups is 2. The lowest BCUT2D eigenvalue weighted by molar-refractivity contribution is -0.171. The second kappa shape index (κ2) is 3.51. The van der Waals surface area contributed by atoms with Gasteiger partial charge in [0.25, 0.3) is 0 Å². The highest BCUT2D eigenvalue weighted by atomic mass is 16.5. The average Bonchev–Trinajstić information content (AvgIpc) is 2.61. The Balaban J connectivity index is 2.13.